The summed E-state index contributed by atoms with van der Waals surface area (Å²) in [7, 11) is -4.11. The van der Waals surface area contributed by atoms with Gasteiger partial charge >= 0.3 is 0 Å². The molecule has 0 saturated carbocycles. The average Bonchev–Trinajstić information content (AvgIpc) is 3.28. The Kier molecular flexibility index (Phi) is 6.42. The van der Waals surface area contributed by atoms with E-state index < -0.39 is 15.9 Å². The molecule has 0 aliphatic carbocycles. The third kappa shape index (κ3) is 5.53. The molecule has 0 spiro atoms. The largest absolute Gasteiger partial charge is 0.349 e. The van der Waals surface area contributed by atoms with E-state index in [9.17, 15) is 13.2 Å². The zero-order valence-electron chi connectivity index (χ0n) is 16.3. The molecule has 0 unspecified atom stereocenters. The van der Waals surface area contributed by atoms with Crippen molar-refractivity contribution >= 4 is 61.1 Å². The van der Waals surface area contributed by atoms with Crippen LogP contribution in [-0.4, -0.2) is 31.2 Å². The van der Waals surface area contributed by atoms with Gasteiger partial charge in [-0.15, -0.1) is 0 Å². The number of benzene rings is 2. The number of hydrogen-bond acceptors (Lipinski definition) is 6. The number of nitrogens with one attached hydrogen (secondary N) is 2. The predicted octanol–water partition coefficient (Wildman–Crippen LogP) is 3.27. The number of carbonyl (C=O) groups is 1. The number of fused-ring (bicyclic) bond motifs is 2. The van der Waals surface area contributed by atoms with Crippen molar-refractivity contribution in [3.63, 3.8) is 0 Å². The molecule has 1 aliphatic heterocycles. The molecule has 0 bridgehead atoms. The number of anilines is 1. The van der Waals surface area contributed by atoms with Gasteiger partial charge in [-0.25, -0.2) is 0 Å². The number of thiazole rings is 1. The van der Waals surface area contributed by atoms with Crippen LogP contribution < -0.4 is 15.2 Å². The first-order chi connectivity index (χ1) is 14.9. The molecule has 10 heteroatoms. The van der Waals surface area contributed by atoms with Crippen LogP contribution in [0.5, 0.6) is 0 Å². The number of nitrogens with zero attached hydrogens (tertiary/aromatic N) is 1. The third-order valence-electron chi connectivity index (χ3n) is 4.47. The molecule has 1 aliphatic rings. The maximum atomic E-state index is 12.3. The van der Waals surface area contributed by atoms with Gasteiger partial charge in [-0.1, -0.05) is 53.4 Å². The van der Waals surface area contributed by atoms with Crippen molar-refractivity contribution < 1.29 is 22.3 Å². The van der Waals surface area contributed by atoms with Crippen LogP contribution in [0.2, 0.25) is 0 Å². The zero-order chi connectivity index (χ0) is 21.8. The second-order valence-electron chi connectivity index (χ2n) is 6.74. The van der Waals surface area contributed by atoms with Gasteiger partial charge in [-0.3, -0.25) is 9.35 Å². The Balaban J connectivity index is 1.51. The lowest BCUT2D eigenvalue weighted by Gasteiger charge is -2.01. The van der Waals surface area contributed by atoms with E-state index in [1.807, 2.05) is 65.3 Å². The van der Waals surface area contributed by atoms with E-state index in [0.717, 1.165) is 25.9 Å². The molecule has 0 radical (unpaired) electrons. The molecular formula is C21H20N3O4S3+. The van der Waals surface area contributed by atoms with E-state index >= 15 is 0 Å². The number of para-hydroxylation sites is 2. The lowest BCUT2D eigenvalue weighted by Crippen LogP contribution is -2.44. The average molecular weight is 475 g/mol. The first kappa shape index (κ1) is 21.6. The van der Waals surface area contributed by atoms with Crippen molar-refractivity contribution in [3.05, 3.63) is 70.7 Å². The molecule has 160 valence electrons. The molecule has 3 aromatic rings. The summed E-state index contributed by atoms with van der Waals surface area (Å²) in [5, 5.41) is 7.82. The van der Waals surface area contributed by atoms with Gasteiger partial charge in [0.2, 0.25) is 12.1 Å². The van der Waals surface area contributed by atoms with Gasteiger partial charge < -0.3 is 10.6 Å². The number of hydrogen-bond donors (Lipinski definition) is 3. The summed E-state index contributed by atoms with van der Waals surface area (Å²) in [6.07, 6.45) is 5.89. The van der Waals surface area contributed by atoms with Crippen molar-refractivity contribution in [1.82, 2.24) is 5.32 Å². The molecule has 31 heavy (non-hydrogen) atoms. The van der Waals surface area contributed by atoms with Gasteiger partial charge in [-0.05, 0) is 24.3 Å². The highest BCUT2D eigenvalue weighted by atomic mass is 32.2. The quantitative estimate of drug-likeness (QED) is 0.359. The van der Waals surface area contributed by atoms with E-state index in [0.29, 0.717) is 0 Å². The van der Waals surface area contributed by atoms with Gasteiger partial charge in [0, 0.05) is 23.6 Å². The summed E-state index contributed by atoms with van der Waals surface area (Å²) < 4.78 is 33.4. The minimum atomic E-state index is -4.11. The topological polar surface area (TPSA) is 99.4 Å². The van der Waals surface area contributed by atoms with Gasteiger partial charge in [0.1, 0.15) is 4.70 Å². The summed E-state index contributed by atoms with van der Waals surface area (Å²) in [6.45, 7) is -0.0921. The number of carbonyl (C=O) groups excluding carboxylic acids is 1. The highest BCUT2D eigenvalue weighted by Crippen LogP contribution is 2.40. The van der Waals surface area contributed by atoms with Crippen molar-refractivity contribution in [2.75, 3.05) is 17.6 Å². The highest BCUT2D eigenvalue weighted by molar-refractivity contribution is 8.03. The van der Waals surface area contributed by atoms with Crippen LogP contribution >= 0.6 is 23.1 Å². The van der Waals surface area contributed by atoms with Crippen molar-refractivity contribution in [2.24, 2.45) is 0 Å². The molecule has 7 nitrogen and oxygen atoms in total. The number of allylic oxidation sites excluding steroid dienone is 2. The van der Waals surface area contributed by atoms with Crippen LogP contribution in [0.25, 0.3) is 16.3 Å². The summed E-state index contributed by atoms with van der Waals surface area (Å²) in [4.78, 5) is 13.5. The monoisotopic (exact) mass is 474 g/mol. The molecule has 0 fully saturated rings. The van der Waals surface area contributed by atoms with E-state index in [-0.39, 0.29) is 19.0 Å². The van der Waals surface area contributed by atoms with Gasteiger partial charge in [0.15, 0.2) is 0 Å². The first-order valence-corrected chi connectivity index (χ1v) is 12.7. The van der Waals surface area contributed by atoms with Crippen molar-refractivity contribution in [2.45, 2.75) is 11.4 Å². The van der Waals surface area contributed by atoms with Crippen LogP contribution in [0.1, 0.15) is 5.01 Å². The Morgan fingerprint density at radius 3 is 2.74 bits per heavy atom. The second kappa shape index (κ2) is 9.23. The summed E-state index contributed by atoms with van der Waals surface area (Å²) in [5.41, 5.74) is 2.01. The minimum absolute atomic E-state index is 0.0458. The smallest absolute Gasteiger partial charge is 0.286 e. The first-order valence-electron chi connectivity index (χ1n) is 9.44. The van der Waals surface area contributed by atoms with Crippen LogP contribution in [0, 0.1) is 0 Å². The Bertz CT molecular complexity index is 1270. The minimum Gasteiger partial charge on any atom is -0.349 e. The highest BCUT2D eigenvalue weighted by Gasteiger charge is 2.21. The molecular weight excluding hydrogens is 454 g/mol. The van der Waals surface area contributed by atoms with E-state index in [4.69, 9.17) is 4.55 Å². The number of thioether (sulfide) groups is 1. The van der Waals surface area contributed by atoms with Crippen LogP contribution in [-0.2, 0) is 21.5 Å². The van der Waals surface area contributed by atoms with Gasteiger partial charge in [0.25, 0.3) is 21.0 Å². The lowest BCUT2D eigenvalue weighted by atomic mass is 10.3. The van der Waals surface area contributed by atoms with E-state index in [1.54, 1.807) is 23.1 Å². The van der Waals surface area contributed by atoms with E-state index in [2.05, 4.69) is 16.7 Å². The summed E-state index contributed by atoms with van der Waals surface area (Å²) >= 11 is 3.23. The van der Waals surface area contributed by atoms with Crippen molar-refractivity contribution in [3.8, 4) is 0 Å². The molecule has 4 rings (SSSR count). The molecule has 3 N–H and O–H groups in total. The van der Waals surface area contributed by atoms with E-state index in [1.165, 1.54) is 4.90 Å². The maximum absolute atomic E-state index is 12.3. The molecule has 0 atom stereocenters. The fourth-order valence-corrected chi connectivity index (χ4v) is 5.44. The van der Waals surface area contributed by atoms with Gasteiger partial charge in [0.05, 0.1) is 16.5 Å². The molecule has 0 saturated heterocycles. The van der Waals surface area contributed by atoms with Gasteiger partial charge in [-0.2, -0.15) is 13.0 Å². The molecule has 2 aromatic carbocycles. The molecule has 2 heterocycles. The number of rotatable bonds is 7. The zero-order valence-corrected chi connectivity index (χ0v) is 18.8. The Morgan fingerprint density at radius 2 is 1.94 bits per heavy atom. The Hall–Kier alpha value is -2.66. The standard InChI is InChI=1S/C21H19N3O4S3/c25-19(22-12-13-31(26,27)28)14-24-16-7-2-4-9-18(16)30-21(24)11-5-10-20-23-15-6-1-3-8-17(15)29-20/h1-11H,12-14H2,(H2,22,25,26,27,28)/p+1. The number of aromatic nitrogens is 1. The SMILES string of the molecule is O=C(C[n+]1c(C=CC=C2Nc3ccccc3S2)sc2ccccc21)NCCS(=O)(=O)O. The maximum Gasteiger partial charge on any atom is 0.286 e. The molecule has 1 aromatic heterocycles. The van der Waals surface area contributed by atoms with Crippen LogP contribution in [0.3, 0.4) is 0 Å². The second-order valence-corrected chi connectivity index (χ2v) is 10.5. The number of amides is 1. The molecule has 1 amide bonds. The Morgan fingerprint density at radius 1 is 1.16 bits per heavy atom. The fraction of sp³-hybridized carbons (Fsp3) is 0.143. The van der Waals surface area contributed by atoms with Crippen molar-refractivity contribution in [1.29, 1.82) is 0 Å². The normalized spacial score (nSPS) is 14.8. The summed E-state index contributed by atoms with van der Waals surface area (Å²) in [5.74, 6) is -0.838. The predicted molar refractivity (Wildman–Crippen MR) is 124 cm³/mol. The third-order valence-corrected chi connectivity index (χ3v) is 7.36. The van der Waals surface area contributed by atoms with Crippen LogP contribution in [0.15, 0.2) is 70.6 Å². The van der Waals surface area contributed by atoms with Crippen LogP contribution in [0.4, 0.5) is 5.69 Å². The lowest BCUT2D eigenvalue weighted by molar-refractivity contribution is -0.655. The summed E-state index contributed by atoms with van der Waals surface area (Å²) in [6, 6.07) is 15.9. The fourth-order valence-electron chi connectivity index (χ4n) is 3.09. The Labute approximate surface area is 188 Å².